The predicted octanol–water partition coefficient (Wildman–Crippen LogP) is 3.82. The molecule has 0 aliphatic rings. The largest absolute Gasteiger partial charge is 0.465 e. The number of pyridine rings is 1. The summed E-state index contributed by atoms with van der Waals surface area (Å²) in [4.78, 5) is 34.1. The fraction of sp³-hybridized carbons (Fsp3) is 0.0588. The summed E-state index contributed by atoms with van der Waals surface area (Å²) in [7, 11) is 1.33. The first-order valence-electron chi connectivity index (χ1n) is 7.50. The second-order valence-corrected chi connectivity index (χ2v) is 7.34. The van der Waals surface area contributed by atoms with Crippen LogP contribution in [0.5, 0.6) is 0 Å². The van der Waals surface area contributed by atoms with Crippen molar-refractivity contribution in [3.05, 3.63) is 61.6 Å². The van der Waals surface area contributed by atoms with Gasteiger partial charge < -0.3 is 15.5 Å². The summed E-state index contributed by atoms with van der Waals surface area (Å²) in [5.41, 5.74) is 7.12. The van der Waals surface area contributed by atoms with Crippen LogP contribution >= 0.6 is 34.3 Å². The molecule has 10 heteroatoms. The number of ether oxygens (including phenoxy) is 1. The molecular formula is C17H13ClN4O3S2. The number of H-pyrrole nitrogens is 1. The number of hydrogen-bond donors (Lipinski definition) is 2. The van der Waals surface area contributed by atoms with Gasteiger partial charge in [-0.1, -0.05) is 11.6 Å². The molecule has 0 aliphatic heterocycles. The second-order valence-electron chi connectivity index (χ2n) is 5.10. The van der Waals surface area contributed by atoms with Crippen molar-refractivity contribution in [1.29, 1.82) is 0 Å². The van der Waals surface area contributed by atoms with Crippen molar-refractivity contribution in [2.24, 2.45) is 0 Å². The van der Waals surface area contributed by atoms with Crippen LogP contribution < -0.4 is 11.3 Å². The fourth-order valence-electron chi connectivity index (χ4n) is 2.15. The van der Waals surface area contributed by atoms with Crippen molar-refractivity contribution in [1.82, 2.24) is 15.0 Å². The summed E-state index contributed by atoms with van der Waals surface area (Å²) in [5.74, 6) is 0.0980. The molecule has 0 saturated carbocycles. The average Bonchev–Trinajstić information content (AvgIpc) is 3.31. The number of carbonyl (C=O) groups is 1. The maximum absolute atomic E-state index is 11.8. The van der Waals surface area contributed by atoms with Gasteiger partial charge in [-0.2, -0.15) is 0 Å². The van der Waals surface area contributed by atoms with E-state index < -0.39 is 0 Å². The topological polar surface area (TPSA) is 111 Å². The third kappa shape index (κ3) is 4.16. The Morgan fingerprint density at radius 3 is 2.70 bits per heavy atom. The van der Waals surface area contributed by atoms with E-state index in [1.165, 1.54) is 36.0 Å². The monoisotopic (exact) mass is 420 g/mol. The average molecular weight is 421 g/mol. The smallest absolute Gasteiger partial charge is 0.350 e. The maximum atomic E-state index is 11.8. The molecule has 7 nitrogen and oxygen atoms in total. The molecule has 0 unspecified atom stereocenters. The number of hydrogen-bond acceptors (Lipinski definition) is 8. The zero-order chi connectivity index (χ0) is 19.4. The highest BCUT2D eigenvalue weighted by molar-refractivity contribution is 7.17. The van der Waals surface area contributed by atoms with Gasteiger partial charge in [0, 0.05) is 18.0 Å². The number of thiophene rings is 2. The summed E-state index contributed by atoms with van der Waals surface area (Å²) in [6.45, 7) is 0. The Balaban J connectivity index is 0.000000180. The standard InChI is InChI=1S/C11H6ClN3OS.C6H7NO2S/c12-7-5-13-3-1-6(7)10-14-8-2-4-17-9(8)11(16)15-10;1-9-6(8)5-4(7)2-3-10-5/h1-5H,(H,14,15,16);2-3H,7H2,1H3. The van der Waals surface area contributed by atoms with Gasteiger partial charge in [0.05, 0.1) is 23.3 Å². The number of methoxy groups -OCH3 is 1. The molecule has 27 heavy (non-hydrogen) atoms. The van der Waals surface area contributed by atoms with Crippen molar-refractivity contribution in [2.45, 2.75) is 0 Å². The number of halogens is 1. The lowest BCUT2D eigenvalue weighted by molar-refractivity contribution is 0.0607. The van der Waals surface area contributed by atoms with E-state index >= 15 is 0 Å². The summed E-state index contributed by atoms with van der Waals surface area (Å²) in [6.07, 6.45) is 3.13. The van der Waals surface area contributed by atoms with Crippen LogP contribution in [0.3, 0.4) is 0 Å². The number of fused-ring (bicyclic) bond motifs is 1. The SMILES string of the molecule is COC(=O)c1sccc1N.O=c1[nH]c(-c2ccncc2Cl)nc2ccsc12. The van der Waals surface area contributed by atoms with E-state index in [0.29, 0.717) is 37.2 Å². The van der Waals surface area contributed by atoms with E-state index in [2.05, 4.69) is 19.7 Å². The Kier molecular flexibility index (Phi) is 5.84. The normalized spacial score (nSPS) is 10.3. The molecule has 0 spiro atoms. The molecule has 0 fully saturated rings. The van der Waals surface area contributed by atoms with Crippen molar-refractivity contribution in [3.63, 3.8) is 0 Å². The Morgan fingerprint density at radius 2 is 2.04 bits per heavy atom. The van der Waals surface area contributed by atoms with Gasteiger partial charge in [0.1, 0.15) is 15.4 Å². The third-order valence-electron chi connectivity index (χ3n) is 3.41. The second kappa shape index (κ2) is 8.30. The molecule has 3 N–H and O–H groups in total. The molecule has 0 radical (unpaired) electrons. The van der Waals surface area contributed by atoms with Gasteiger partial charge in [-0.25, -0.2) is 9.78 Å². The minimum absolute atomic E-state index is 0.145. The number of nitrogens with one attached hydrogen (secondary N) is 1. The van der Waals surface area contributed by atoms with Gasteiger partial charge in [0.15, 0.2) is 0 Å². The maximum Gasteiger partial charge on any atom is 0.350 e. The predicted molar refractivity (Wildman–Crippen MR) is 109 cm³/mol. The fourth-order valence-corrected chi connectivity index (χ4v) is 3.81. The number of aromatic nitrogens is 3. The minimum Gasteiger partial charge on any atom is -0.465 e. The lowest BCUT2D eigenvalue weighted by atomic mass is 10.2. The van der Waals surface area contributed by atoms with Crippen LogP contribution in [0.25, 0.3) is 21.6 Å². The molecule has 4 aromatic rings. The van der Waals surface area contributed by atoms with Crippen LogP contribution in [-0.4, -0.2) is 28.0 Å². The van der Waals surface area contributed by atoms with Crippen LogP contribution in [0.1, 0.15) is 9.67 Å². The highest BCUT2D eigenvalue weighted by atomic mass is 35.5. The summed E-state index contributed by atoms with van der Waals surface area (Å²) < 4.78 is 5.09. The van der Waals surface area contributed by atoms with Crippen molar-refractivity contribution in [2.75, 3.05) is 12.8 Å². The van der Waals surface area contributed by atoms with Crippen molar-refractivity contribution in [3.8, 4) is 11.4 Å². The molecule has 0 saturated heterocycles. The molecule has 4 aromatic heterocycles. The number of carbonyl (C=O) groups excluding carboxylic acids is 1. The van der Waals surface area contributed by atoms with E-state index in [4.69, 9.17) is 17.3 Å². The van der Waals surface area contributed by atoms with Gasteiger partial charge in [-0.05, 0) is 29.0 Å². The Morgan fingerprint density at radius 1 is 1.26 bits per heavy atom. The number of rotatable bonds is 2. The number of nitrogens with zero attached hydrogens (tertiary/aromatic N) is 2. The van der Waals surface area contributed by atoms with Crippen LogP contribution in [0, 0.1) is 0 Å². The summed E-state index contributed by atoms with van der Waals surface area (Å²) in [5, 5.41) is 4.05. The van der Waals surface area contributed by atoms with E-state index in [1.807, 2.05) is 11.4 Å². The number of aromatic amines is 1. The van der Waals surface area contributed by atoms with Gasteiger partial charge in [-0.3, -0.25) is 9.78 Å². The van der Waals surface area contributed by atoms with Crippen molar-refractivity contribution < 1.29 is 9.53 Å². The van der Waals surface area contributed by atoms with Gasteiger partial charge in [0.2, 0.25) is 0 Å². The zero-order valence-corrected chi connectivity index (χ0v) is 16.3. The first kappa shape index (κ1) is 19.0. The molecule has 0 amide bonds. The van der Waals surface area contributed by atoms with Gasteiger partial charge in [0.25, 0.3) is 5.56 Å². The third-order valence-corrected chi connectivity index (χ3v) is 5.52. The van der Waals surface area contributed by atoms with E-state index in [1.54, 1.807) is 23.7 Å². The van der Waals surface area contributed by atoms with E-state index in [0.717, 1.165) is 0 Å². The highest BCUT2D eigenvalue weighted by Gasteiger charge is 2.10. The number of anilines is 1. The molecule has 138 valence electrons. The first-order valence-corrected chi connectivity index (χ1v) is 9.63. The van der Waals surface area contributed by atoms with Crippen molar-refractivity contribution >= 4 is 56.1 Å². The Bertz CT molecular complexity index is 1150. The van der Waals surface area contributed by atoms with Crippen LogP contribution in [0.4, 0.5) is 5.69 Å². The lowest BCUT2D eigenvalue weighted by Crippen LogP contribution is -2.07. The highest BCUT2D eigenvalue weighted by Crippen LogP contribution is 2.24. The summed E-state index contributed by atoms with van der Waals surface area (Å²) in [6, 6.07) is 5.21. The van der Waals surface area contributed by atoms with E-state index in [9.17, 15) is 9.59 Å². The van der Waals surface area contributed by atoms with Gasteiger partial charge in [-0.15, -0.1) is 22.7 Å². The molecule has 0 aliphatic carbocycles. The number of nitrogens with two attached hydrogens (primary N) is 1. The van der Waals surface area contributed by atoms with E-state index in [-0.39, 0.29) is 11.5 Å². The molecule has 0 bridgehead atoms. The molecule has 0 aromatic carbocycles. The number of nitrogen functional groups attached to an aromatic ring is 1. The lowest BCUT2D eigenvalue weighted by Gasteiger charge is -2.02. The van der Waals surface area contributed by atoms with Crippen LogP contribution in [0.2, 0.25) is 5.02 Å². The quantitative estimate of drug-likeness (QED) is 0.477. The van der Waals surface area contributed by atoms with Crippen LogP contribution in [0.15, 0.2) is 46.1 Å². The first-order chi connectivity index (χ1) is 13.0. The molecular weight excluding hydrogens is 408 g/mol. The molecule has 4 rings (SSSR count). The molecule has 4 heterocycles. The minimum atomic E-state index is -0.368. The Hall–Kier alpha value is -2.75. The number of esters is 1. The zero-order valence-electron chi connectivity index (χ0n) is 13.9. The summed E-state index contributed by atoms with van der Waals surface area (Å²) >= 11 is 8.67. The molecule has 0 atom stereocenters. The van der Waals surface area contributed by atoms with Crippen LogP contribution in [-0.2, 0) is 4.74 Å². The Labute approximate surface area is 166 Å². The van der Waals surface area contributed by atoms with Gasteiger partial charge >= 0.3 is 5.97 Å².